The summed E-state index contributed by atoms with van der Waals surface area (Å²) in [7, 11) is 0. The van der Waals surface area contributed by atoms with Crippen molar-refractivity contribution in [2.75, 3.05) is 4.90 Å². The molecule has 0 saturated heterocycles. The Hall–Kier alpha value is -2.16. The average Bonchev–Trinajstić information content (AvgIpc) is 2.55. The van der Waals surface area contributed by atoms with Crippen LogP contribution in [-0.2, 0) is 11.0 Å². The Bertz CT molecular complexity index is 829. The molecule has 3 rings (SSSR count). The van der Waals surface area contributed by atoms with Crippen molar-refractivity contribution in [3.8, 4) is 5.75 Å². The summed E-state index contributed by atoms with van der Waals surface area (Å²) in [4.78, 5) is 20.8. The van der Waals surface area contributed by atoms with Gasteiger partial charge in [-0.3, -0.25) is 9.69 Å². The molecule has 1 aliphatic heterocycles. The Kier molecular flexibility index (Phi) is 4.44. The summed E-state index contributed by atoms with van der Waals surface area (Å²) in [5, 5.41) is 0. The topological polar surface area (TPSA) is 55.3 Å². The first kappa shape index (κ1) is 17.7. The Morgan fingerprint density at radius 2 is 2.04 bits per heavy atom. The number of halogens is 4. The number of benzene rings is 1. The predicted molar refractivity (Wildman–Crippen MR) is 87.2 cm³/mol. The van der Waals surface area contributed by atoms with Gasteiger partial charge in [-0.05, 0) is 38.1 Å². The zero-order valence-electron chi connectivity index (χ0n) is 13.2. The minimum atomic E-state index is -4.65. The maximum Gasteiger partial charge on any atom is 0.451 e. The molecule has 2 aromatic rings. The van der Waals surface area contributed by atoms with Gasteiger partial charge < -0.3 is 4.74 Å². The number of aromatic nitrogens is 2. The average molecular weight is 416 g/mol. The summed E-state index contributed by atoms with van der Waals surface area (Å²) in [5.41, 5.74) is 0.574. The lowest BCUT2D eigenvalue weighted by Crippen LogP contribution is -2.45. The van der Waals surface area contributed by atoms with Crippen LogP contribution in [0.5, 0.6) is 5.75 Å². The number of rotatable bonds is 2. The summed E-state index contributed by atoms with van der Waals surface area (Å²) < 4.78 is 44.9. The molecule has 1 aromatic heterocycles. The molecule has 2 heterocycles. The summed E-state index contributed by atoms with van der Waals surface area (Å²) in [6, 6.07) is 5.76. The highest BCUT2D eigenvalue weighted by molar-refractivity contribution is 9.10. The Balaban J connectivity index is 2.05. The molecule has 0 fully saturated rings. The third-order valence-corrected chi connectivity index (χ3v) is 4.31. The van der Waals surface area contributed by atoms with Crippen LogP contribution in [-0.4, -0.2) is 22.0 Å². The van der Waals surface area contributed by atoms with E-state index >= 15 is 0 Å². The molecule has 0 saturated carbocycles. The monoisotopic (exact) mass is 415 g/mol. The molecule has 25 heavy (non-hydrogen) atoms. The minimum absolute atomic E-state index is 0.0960. The van der Waals surface area contributed by atoms with E-state index < -0.39 is 24.1 Å². The van der Waals surface area contributed by atoms with Crippen LogP contribution in [0.3, 0.4) is 0 Å². The van der Waals surface area contributed by atoms with Crippen LogP contribution >= 0.6 is 15.9 Å². The van der Waals surface area contributed by atoms with Crippen molar-refractivity contribution in [3.05, 3.63) is 46.5 Å². The molecule has 0 radical (unpaired) electrons. The number of anilines is 1. The van der Waals surface area contributed by atoms with Crippen molar-refractivity contribution >= 4 is 27.5 Å². The van der Waals surface area contributed by atoms with E-state index in [4.69, 9.17) is 4.74 Å². The normalized spacial score (nSPS) is 18.6. The van der Waals surface area contributed by atoms with Crippen molar-refractivity contribution in [1.29, 1.82) is 0 Å². The number of hydrogen-bond donors (Lipinski definition) is 0. The summed E-state index contributed by atoms with van der Waals surface area (Å²) in [6.45, 7) is 3.21. The highest BCUT2D eigenvalue weighted by Gasteiger charge is 2.38. The van der Waals surface area contributed by atoms with E-state index in [0.717, 1.165) is 10.7 Å². The van der Waals surface area contributed by atoms with Gasteiger partial charge in [0.2, 0.25) is 5.82 Å². The van der Waals surface area contributed by atoms with Gasteiger partial charge in [-0.15, -0.1) is 0 Å². The van der Waals surface area contributed by atoms with Crippen molar-refractivity contribution < 1.29 is 22.7 Å². The molecular formula is C16H13BrF3N3O2. The van der Waals surface area contributed by atoms with E-state index in [1.807, 2.05) is 0 Å². The Morgan fingerprint density at radius 1 is 1.32 bits per heavy atom. The second-order valence-corrected chi connectivity index (χ2v) is 6.47. The number of alkyl halides is 3. The third kappa shape index (κ3) is 3.33. The highest BCUT2D eigenvalue weighted by Crippen LogP contribution is 2.40. The summed E-state index contributed by atoms with van der Waals surface area (Å²) in [5.74, 6) is -1.12. The molecule has 0 aliphatic carbocycles. The van der Waals surface area contributed by atoms with Crippen LogP contribution in [0.2, 0.25) is 0 Å². The summed E-state index contributed by atoms with van der Waals surface area (Å²) >= 11 is 3.33. The van der Waals surface area contributed by atoms with Gasteiger partial charge in [-0.1, -0.05) is 15.9 Å². The molecule has 5 nitrogen and oxygen atoms in total. The zero-order chi connectivity index (χ0) is 18.4. The van der Waals surface area contributed by atoms with Gasteiger partial charge in [-0.2, -0.15) is 13.2 Å². The van der Waals surface area contributed by atoms with Crippen molar-refractivity contribution in [3.63, 3.8) is 0 Å². The van der Waals surface area contributed by atoms with Crippen LogP contribution < -0.4 is 9.64 Å². The maximum absolute atomic E-state index is 12.9. The largest absolute Gasteiger partial charge is 0.479 e. The van der Waals surface area contributed by atoms with Crippen LogP contribution in [0.4, 0.5) is 18.9 Å². The first-order valence-electron chi connectivity index (χ1n) is 7.38. The molecule has 2 atom stereocenters. The maximum atomic E-state index is 12.9. The van der Waals surface area contributed by atoms with Gasteiger partial charge in [0.05, 0.1) is 17.4 Å². The fourth-order valence-corrected chi connectivity index (χ4v) is 2.95. The van der Waals surface area contributed by atoms with Gasteiger partial charge in [0.15, 0.2) is 6.10 Å². The van der Waals surface area contributed by atoms with E-state index in [1.54, 1.807) is 32.0 Å². The van der Waals surface area contributed by atoms with E-state index in [1.165, 1.54) is 11.0 Å². The smallest absolute Gasteiger partial charge is 0.451 e. The standard InChI is InChI=1S/C16H13BrF3N3O2/c1-8(11-5-6-21-15(22-11)16(18,19)20)23-12-4-3-10(17)7-13(12)25-9(2)14(23)24/h3-9H,1-2H3/t8?,9-/m1/s1. The molecular weight excluding hydrogens is 403 g/mol. The molecule has 1 amide bonds. The number of hydrogen-bond acceptors (Lipinski definition) is 4. The molecule has 1 aliphatic rings. The van der Waals surface area contributed by atoms with Crippen LogP contribution in [0, 0.1) is 0 Å². The second-order valence-electron chi connectivity index (χ2n) is 5.56. The molecule has 0 spiro atoms. The lowest BCUT2D eigenvalue weighted by molar-refractivity contribution is -0.145. The van der Waals surface area contributed by atoms with Crippen molar-refractivity contribution in [2.24, 2.45) is 0 Å². The van der Waals surface area contributed by atoms with Gasteiger partial charge in [0.25, 0.3) is 5.91 Å². The molecule has 0 bridgehead atoms. The fraction of sp³-hybridized carbons (Fsp3) is 0.312. The van der Waals surface area contributed by atoms with E-state index in [0.29, 0.717) is 11.4 Å². The first-order valence-corrected chi connectivity index (χ1v) is 8.17. The van der Waals surface area contributed by atoms with Crippen molar-refractivity contribution in [1.82, 2.24) is 9.97 Å². The quantitative estimate of drug-likeness (QED) is 0.739. The second kappa shape index (κ2) is 6.29. The van der Waals surface area contributed by atoms with Gasteiger partial charge in [0.1, 0.15) is 5.75 Å². The minimum Gasteiger partial charge on any atom is -0.479 e. The molecule has 1 unspecified atom stereocenters. The van der Waals surface area contributed by atoms with Gasteiger partial charge >= 0.3 is 6.18 Å². The number of nitrogens with zero attached hydrogens (tertiary/aromatic N) is 3. The third-order valence-electron chi connectivity index (χ3n) is 3.82. The number of carbonyl (C=O) groups is 1. The van der Waals surface area contributed by atoms with E-state index in [9.17, 15) is 18.0 Å². The lowest BCUT2D eigenvalue weighted by Gasteiger charge is -2.36. The molecule has 0 N–H and O–H groups in total. The van der Waals surface area contributed by atoms with Crippen LogP contribution in [0.15, 0.2) is 34.9 Å². The number of ether oxygens (including phenoxy) is 1. The van der Waals surface area contributed by atoms with Gasteiger partial charge in [-0.25, -0.2) is 9.97 Å². The van der Waals surface area contributed by atoms with Gasteiger partial charge in [0, 0.05) is 10.7 Å². The summed E-state index contributed by atoms with van der Waals surface area (Å²) in [6.07, 6.45) is -4.37. The molecule has 9 heteroatoms. The lowest BCUT2D eigenvalue weighted by atomic mass is 10.1. The Labute approximate surface area is 150 Å². The zero-order valence-corrected chi connectivity index (χ0v) is 14.8. The number of fused-ring (bicyclic) bond motifs is 1. The highest BCUT2D eigenvalue weighted by atomic mass is 79.9. The van der Waals surface area contributed by atoms with Crippen molar-refractivity contribution in [2.45, 2.75) is 32.2 Å². The SMILES string of the molecule is CC(c1ccnc(C(F)(F)F)n1)N1C(=O)[C@@H](C)Oc2cc(Br)ccc21. The first-order chi connectivity index (χ1) is 11.7. The Morgan fingerprint density at radius 3 is 2.72 bits per heavy atom. The van der Waals surface area contributed by atoms with E-state index in [2.05, 4.69) is 25.9 Å². The predicted octanol–water partition coefficient (Wildman–Crippen LogP) is 4.13. The molecule has 1 aromatic carbocycles. The van der Waals surface area contributed by atoms with Crippen LogP contribution in [0.25, 0.3) is 0 Å². The van der Waals surface area contributed by atoms with Crippen LogP contribution in [0.1, 0.15) is 31.4 Å². The molecule has 132 valence electrons. The van der Waals surface area contributed by atoms with E-state index in [-0.39, 0.29) is 11.6 Å². The number of amides is 1. The number of carbonyl (C=O) groups excluding carboxylic acids is 1. The fourth-order valence-electron chi connectivity index (χ4n) is 2.61.